The fourth-order valence-corrected chi connectivity index (χ4v) is 1.29. The van der Waals surface area contributed by atoms with Gasteiger partial charge in [-0.05, 0) is 25.8 Å². The van der Waals surface area contributed by atoms with Crippen molar-refractivity contribution in [1.29, 1.82) is 0 Å². The third kappa shape index (κ3) is 4.78. The van der Waals surface area contributed by atoms with E-state index < -0.39 is 11.9 Å². The smallest absolute Gasteiger partial charge is 0.235 e. The number of nitrogens with one attached hydrogen (secondary N) is 2. The van der Waals surface area contributed by atoms with E-state index in [0.717, 1.165) is 19.3 Å². The normalized spacial score (nSPS) is 17.1. The van der Waals surface area contributed by atoms with Crippen LogP contribution in [0, 0.1) is 0 Å². The number of nitrogens with two attached hydrogens (primary N) is 1. The molecule has 5 heteroatoms. The molecular weight excluding hydrogens is 194 g/mol. The summed E-state index contributed by atoms with van der Waals surface area (Å²) in [5.41, 5.74) is 5.19. The summed E-state index contributed by atoms with van der Waals surface area (Å²) in [5.74, 6) is -0.556. The molecule has 1 rings (SSSR count). The molecule has 1 unspecified atom stereocenters. The van der Waals surface area contributed by atoms with Crippen LogP contribution < -0.4 is 16.4 Å². The second-order valence-electron chi connectivity index (χ2n) is 3.95. The molecule has 0 aromatic carbocycles. The highest BCUT2D eigenvalue weighted by Crippen LogP contribution is 2.18. The second kappa shape index (κ2) is 5.70. The minimum atomic E-state index is -0.538. The number of primary amides is 1. The Bertz CT molecular complexity index is 239. The van der Waals surface area contributed by atoms with Crippen molar-refractivity contribution < 1.29 is 9.59 Å². The molecular formula is C10H19N3O2. The first-order chi connectivity index (χ1) is 7.13. The number of hydrogen-bond donors (Lipinski definition) is 3. The van der Waals surface area contributed by atoms with Crippen LogP contribution in [0.5, 0.6) is 0 Å². The molecule has 1 saturated carbocycles. The van der Waals surface area contributed by atoms with Crippen molar-refractivity contribution in [3.63, 3.8) is 0 Å². The fraction of sp³-hybridized carbons (Fsp3) is 0.800. The lowest BCUT2D eigenvalue weighted by atomic mass is 10.2. The predicted molar refractivity (Wildman–Crippen MR) is 57.1 cm³/mol. The highest BCUT2D eigenvalue weighted by Gasteiger charge is 2.25. The van der Waals surface area contributed by atoms with Gasteiger partial charge in [-0.25, -0.2) is 0 Å². The van der Waals surface area contributed by atoms with Gasteiger partial charge in [0.05, 0.1) is 12.5 Å². The van der Waals surface area contributed by atoms with Crippen LogP contribution in [-0.2, 0) is 9.59 Å². The van der Waals surface area contributed by atoms with Crippen LogP contribution in [0.2, 0.25) is 0 Å². The Morgan fingerprint density at radius 2 is 2.13 bits per heavy atom. The highest BCUT2D eigenvalue weighted by molar-refractivity contribution is 5.87. The minimum absolute atomic E-state index is 0.0927. The summed E-state index contributed by atoms with van der Waals surface area (Å²) < 4.78 is 0. The summed E-state index contributed by atoms with van der Waals surface area (Å²) >= 11 is 0. The summed E-state index contributed by atoms with van der Waals surface area (Å²) in [6.07, 6.45) is 3.16. The molecule has 0 aliphatic heterocycles. The van der Waals surface area contributed by atoms with Gasteiger partial charge < -0.3 is 16.4 Å². The van der Waals surface area contributed by atoms with Gasteiger partial charge in [0.25, 0.3) is 0 Å². The lowest BCUT2D eigenvalue weighted by molar-refractivity contribution is -0.126. The topological polar surface area (TPSA) is 84.2 Å². The van der Waals surface area contributed by atoms with Crippen LogP contribution in [0.3, 0.4) is 0 Å². The van der Waals surface area contributed by atoms with E-state index in [1.807, 2.05) is 6.92 Å². The third-order valence-electron chi connectivity index (χ3n) is 2.32. The molecule has 4 N–H and O–H groups in total. The molecule has 0 spiro atoms. The predicted octanol–water partition coefficient (Wildman–Crippen LogP) is -0.491. The van der Waals surface area contributed by atoms with Crippen molar-refractivity contribution in [2.24, 2.45) is 5.73 Å². The Labute approximate surface area is 89.8 Å². The molecule has 0 saturated heterocycles. The molecule has 15 heavy (non-hydrogen) atoms. The maximum atomic E-state index is 11.4. The van der Waals surface area contributed by atoms with Crippen molar-refractivity contribution in [2.45, 2.75) is 44.7 Å². The van der Waals surface area contributed by atoms with Gasteiger partial charge in [0.15, 0.2) is 0 Å². The van der Waals surface area contributed by atoms with Crippen molar-refractivity contribution in [3.05, 3.63) is 0 Å². The Kier molecular flexibility index (Phi) is 4.55. The summed E-state index contributed by atoms with van der Waals surface area (Å²) in [6, 6.07) is -0.207. The van der Waals surface area contributed by atoms with Gasteiger partial charge in [-0.1, -0.05) is 6.92 Å². The minimum Gasteiger partial charge on any atom is -0.368 e. The Hall–Kier alpha value is -1.10. The highest BCUT2D eigenvalue weighted by atomic mass is 16.2. The van der Waals surface area contributed by atoms with Crippen LogP contribution >= 0.6 is 0 Å². The van der Waals surface area contributed by atoms with E-state index >= 15 is 0 Å². The molecule has 1 fully saturated rings. The summed E-state index contributed by atoms with van der Waals surface area (Å²) in [6.45, 7) is 2.69. The maximum absolute atomic E-state index is 11.4. The van der Waals surface area contributed by atoms with Crippen LogP contribution in [0.25, 0.3) is 0 Å². The molecule has 0 aromatic rings. The van der Waals surface area contributed by atoms with Gasteiger partial charge in [-0.2, -0.15) is 0 Å². The van der Waals surface area contributed by atoms with Gasteiger partial charge in [0.2, 0.25) is 11.8 Å². The zero-order valence-corrected chi connectivity index (χ0v) is 9.08. The summed E-state index contributed by atoms with van der Waals surface area (Å²) in [7, 11) is 0. The molecule has 2 amide bonds. The van der Waals surface area contributed by atoms with Crippen molar-refractivity contribution in [3.8, 4) is 0 Å². The summed E-state index contributed by atoms with van der Waals surface area (Å²) in [5, 5.41) is 5.79. The first-order valence-electron chi connectivity index (χ1n) is 5.45. The molecule has 5 nitrogen and oxygen atoms in total. The first-order valence-corrected chi connectivity index (χ1v) is 5.45. The lowest BCUT2D eigenvalue weighted by Crippen LogP contribution is -2.45. The molecule has 86 valence electrons. The van der Waals surface area contributed by atoms with Crippen molar-refractivity contribution in [1.82, 2.24) is 10.6 Å². The lowest BCUT2D eigenvalue weighted by Gasteiger charge is -2.14. The first kappa shape index (κ1) is 12.0. The Morgan fingerprint density at radius 1 is 1.47 bits per heavy atom. The van der Waals surface area contributed by atoms with E-state index in [0.29, 0.717) is 12.6 Å². The Balaban J connectivity index is 2.28. The second-order valence-corrected chi connectivity index (χ2v) is 3.95. The van der Waals surface area contributed by atoms with Crippen LogP contribution in [0.4, 0.5) is 0 Å². The summed E-state index contributed by atoms with van der Waals surface area (Å²) in [4.78, 5) is 22.4. The van der Waals surface area contributed by atoms with Gasteiger partial charge in [-0.3, -0.25) is 9.59 Å². The SMILES string of the molecule is CCCNC(CC(=O)NC1CC1)C(N)=O. The number of amides is 2. The molecule has 1 aliphatic carbocycles. The van der Waals surface area contributed by atoms with E-state index in [1.54, 1.807) is 0 Å². The molecule has 0 radical (unpaired) electrons. The van der Waals surface area contributed by atoms with E-state index in [4.69, 9.17) is 5.73 Å². The number of rotatable bonds is 7. The van der Waals surface area contributed by atoms with Gasteiger partial charge >= 0.3 is 0 Å². The fourth-order valence-electron chi connectivity index (χ4n) is 1.29. The van der Waals surface area contributed by atoms with Gasteiger partial charge in [0, 0.05) is 6.04 Å². The number of carbonyl (C=O) groups excluding carboxylic acids is 2. The molecule has 0 aromatic heterocycles. The Morgan fingerprint density at radius 3 is 2.60 bits per heavy atom. The number of carbonyl (C=O) groups is 2. The van der Waals surface area contributed by atoms with Crippen LogP contribution in [0.15, 0.2) is 0 Å². The zero-order chi connectivity index (χ0) is 11.3. The standard InChI is InChI=1S/C10H19N3O2/c1-2-5-12-8(10(11)15)6-9(14)13-7-3-4-7/h7-8,12H,2-6H2,1H3,(H2,11,15)(H,13,14). The largest absolute Gasteiger partial charge is 0.368 e. The van der Waals surface area contributed by atoms with E-state index in [1.165, 1.54) is 0 Å². The molecule has 1 atom stereocenters. The molecule has 0 heterocycles. The van der Waals surface area contributed by atoms with E-state index in [9.17, 15) is 9.59 Å². The monoisotopic (exact) mass is 213 g/mol. The van der Waals surface area contributed by atoms with E-state index in [2.05, 4.69) is 10.6 Å². The van der Waals surface area contributed by atoms with Crippen LogP contribution in [-0.4, -0.2) is 30.4 Å². The van der Waals surface area contributed by atoms with Gasteiger partial charge in [-0.15, -0.1) is 0 Å². The van der Waals surface area contributed by atoms with Crippen molar-refractivity contribution >= 4 is 11.8 Å². The van der Waals surface area contributed by atoms with Crippen LogP contribution in [0.1, 0.15) is 32.6 Å². The average Bonchev–Trinajstić information content (AvgIpc) is 2.95. The zero-order valence-electron chi connectivity index (χ0n) is 9.08. The number of hydrogen-bond acceptors (Lipinski definition) is 3. The molecule has 0 bridgehead atoms. The van der Waals surface area contributed by atoms with E-state index in [-0.39, 0.29) is 12.3 Å². The van der Waals surface area contributed by atoms with Crippen molar-refractivity contribution in [2.75, 3.05) is 6.54 Å². The molecule has 1 aliphatic rings. The average molecular weight is 213 g/mol. The van der Waals surface area contributed by atoms with Gasteiger partial charge in [0.1, 0.15) is 0 Å². The quantitative estimate of drug-likeness (QED) is 0.533. The maximum Gasteiger partial charge on any atom is 0.235 e. The third-order valence-corrected chi connectivity index (χ3v) is 2.32.